The second kappa shape index (κ2) is 12.6. The first-order chi connectivity index (χ1) is 18.5. The van der Waals surface area contributed by atoms with Crippen molar-refractivity contribution in [3.05, 3.63) is 95.6 Å². The fourth-order valence-corrected chi connectivity index (χ4v) is 3.98. The molecule has 3 aromatic carbocycles. The minimum atomic E-state index is -5.82. The quantitative estimate of drug-likeness (QED) is 0.166. The van der Waals surface area contributed by atoms with E-state index in [1.54, 1.807) is 31.2 Å². The molecule has 0 spiro atoms. The Hall–Kier alpha value is -3.50. The van der Waals surface area contributed by atoms with Gasteiger partial charge in [0, 0.05) is 24.3 Å². The molecule has 0 saturated heterocycles. The van der Waals surface area contributed by atoms with Crippen LogP contribution in [0.5, 0.6) is 17.2 Å². The number of rotatable bonds is 12. The van der Waals surface area contributed by atoms with Gasteiger partial charge in [-0.15, -0.1) is 0 Å². The summed E-state index contributed by atoms with van der Waals surface area (Å²) in [6.45, 7) is 4.55. The van der Waals surface area contributed by atoms with Gasteiger partial charge in [0.25, 0.3) is 5.60 Å². The molecule has 0 saturated carbocycles. The molecule has 4 nitrogen and oxygen atoms in total. The molecule has 0 N–H and O–H groups in total. The molecule has 0 radical (unpaired) electrons. The van der Waals surface area contributed by atoms with Crippen LogP contribution in [-0.4, -0.2) is 26.3 Å². The van der Waals surface area contributed by atoms with Crippen molar-refractivity contribution in [3.63, 3.8) is 0 Å². The van der Waals surface area contributed by atoms with Crippen LogP contribution in [0.1, 0.15) is 35.6 Å². The predicted molar refractivity (Wildman–Crippen MR) is 135 cm³/mol. The molecule has 0 heterocycles. The Balaban J connectivity index is 2.00. The highest BCUT2D eigenvalue weighted by atomic mass is 19.4. The SMILES string of the molecule is C=Cc1ccc(Oc2ccc(C(OCOC)(C(F)(F)F)C(F)(F)F)cc2CCC)cc1OCc1ccccc1. The molecule has 0 aliphatic heterocycles. The minimum absolute atomic E-state index is 0.103. The molecule has 0 bridgehead atoms. The van der Waals surface area contributed by atoms with E-state index in [4.69, 9.17) is 9.47 Å². The number of hydrogen-bond acceptors (Lipinski definition) is 4. The number of halogens is 6. The van der Waals surface area contributed by atoms with Gasteiger partial charge in [0.05, 0.1) is 0 Å². The third kappa shape index (κ3) is 6.75. The largest absolute Gasteiger partial charge is 0.488 e. The van der Waals surface area contributed by atoms with Crippen LogP contribution in [0.15, 0.2) is 73.3 Å². The van der Waals surface area contributed by atoms with Crippen molar-refractivity contribution in [2.24, 2.45) is 0 Å². The van der Waals surface area contributed by atoms with Crippen molar-refractivity contribution in [2.45, 2.75) is 44.3 Å². The summed E-state index contributed by atoms with van der Waals surface area (Å²) in [7, 11) is 0.937. The standard InChI is InChI=1S/C29H28F6O4/c1-4-9-22-16-23(27(28(30,31)32,29(33,34)35)38-19-36-3)13-15-25(22)39-24-14-12-21(5-2)26(17-24)37-18-20-10-7-6-8-11-20/h5-8,10-17H,2,4,9,18-19H2,1,3H3. The van der Waals surface area contributed by atoms with Gasteiger partial charge in [0.15, 0.2) is 0 Å². The van der Waals surface area contributed by atoms with Crippen LogP contribution < -0.4 is 9.47 Å². The van der Waals surface area contributed by atoms with Crippen LogP contribution in [0.2, 0.25) is 0 Å². The second-order valence-corrected chi connectivity index (χ2v) is 8.58. The highest BCUT2D eigenvalue weighted by molar-refractivity contribution is 5.58. The molecule has 0 aromatic heterocycles. The van der Waals surface area contributed by atoms with Gasteiger partial charge < -0.3 is 18.9 Å². The maximum atomic E-state index is 14.0. The molecule has 0 amide bonds. The smallest absolute Gasteiger partial charge is 0.430 e. The minimum Gasteiger partial charge on any atom is -0.488 e. The van der Waals surface area contributed by atoms with Gasteiger partial charge in [-0.25, -0.2) is 0 Å². The zero-order valence-electron chi connectivity index (χ0n) is 21.4. The molecule has 0 aliphatic carbocycles. The van der Waals surface area contributed by atoms with E-state index in [0.717, 1.165) is 24.8 Å². The van der Waals surface area contributed by atoms with E-state index in [9.17, 15) is 26.3 Å². The Labute approximate surface area is 222 Å². The van der Waals surface area contributed by atoms with Gasteiger partial charge in [-0.2, -0.15) is 26.3 Å². The van der Waals surface area contributed by atoms with Gasteiger partial charge in [0.1, 0.15) is 30.6 Å². The fourth-order valence-electron chi connectivity index (χ4n) is 3.98. The molecular weight excluding hydrogens is 526 g/mol. The van der Waals surface area contributed by atoms with Crippen LogP contribution in [0, 0.1) is 0 Å². The Kier molecular flexibility index (Phi) is 9.68. The van der Waals surface area contributed by atoms with E-state index < -0.39 is 30.3 Å². The summed E-state index contributed by atoms with van der Waals surface area (Å²) in [6.07, 6.45) is -9.45. The maximum Gasteiger partial charge on any atom is 0.430 e. The lowest BCUT2D eigenvalue weighted by Gasteiger charge is -2.37. The lowest BCUT2D eigenvalue weighted by molar-refractivity contribution is -0.400. The van der Waals surface area contributed by atoms with Crippen molar-refractivity contribution in [3.8, 4) is 17.2 Å². The summed E-state index contributed by atoms with van der Waals surface area (Å²) >= 11 is 0. The number of methoxy groups -OCH3 is 1. The zero-order chi connectivity index (χ0) is 28.7. The first-order valence-corrected chi connectivity index (χ1v) is 12.0. The number of benzene rings is 3. The van der Waals surface area contributed by atoms with Crippen LogP contribution in [-0.2, 0) is 28.1 Å². The molecule has 10 heteroatoms. The zero-order valence-corrected chi connectivity index (χ0v) is 21.4. The van der Waals surface area contributed by atoms with Crippen molar-refractivity contribution >= 4 is 6.08 Å². The fraction of sp³-hybridized carbons (Fsp3) is 0.310. The molecule has 39 heavy (non-hydrogen) atoms. The van der Waals surface area contributed by atoms with E-state index in [2.05, 4.69) is 16.1 Å². The molecule has 0 fully saturated rings. The van der Waals surface area contributed by atoms with Gasteiger partial charge >= 0.3 is 12.4 Å². The van der Waals surface area contributed by atoms with Crippen LogP contribution in [0.25, 0.3) is 6.08 Å². The van der Waals surface area contributed by atoms with E-state index >= 15 is 0 Å². The molecule has 0 aliphatic rings. The molecular formula is C29H28F6O4. The summed E-state index contributed by atoms with van der Waals surface area (Å²) in [5, 5.41) is 0. The number of hydrogen-bond donors (Lipinski definition) is 0. The van der Waals surface area contributed by atoms with Crippen LogP contribution >= 0.6 is 0 Å². The average molecular weight is 555 g/mol. The van der Waals surface area contributed by atoms with Crippen molar-refractivity contribution in [2.75, 3.05) is 13.9 Å². The highest BCUT2D eigenvalue weighted by Gasteiger charge is 2.73. The number of aryl methyl sites for hydroxylation is 1. The summed E-state index contributed by atoms with van der Waals surface area (Å²) in [5.74, 6) is 0.828. The number of ether oxygens (including phenoxy) is 4. The predicted octanol–water partition coefficient (Wildman–Crippen LogP) is 8.59. The monoisotopic (exact) mass is 554 g/mol. The van der Waals surface area contributed by atoms with Gasteiger partial charge in [0.2, 0.25) is 0 Å². The third-order valence-corrected chi connectivity index (χ3v) is 5.85. The first-order valence-electron chi connectivity index (χ1n) is 12.0. The molecule has 210 valence electrons. The van der Waals surface area contributed by atoms with Crippen LogP contribution in [0.3, 0.4) is 0 Å². The van der Waals surface area contributed by atoms with E-state index in [1.807, 2.05) is 30.3 Å². The first kappa shape index (κ1) is 30.0. The van der Waals surface area contributed by atoms with E-state index in [-0.39, 0.29) is 30.1 Å². The summed E-state index contributed by atoms with van der Waals surface area (Å²) in [4.78, 5) is 0. The van der Waals surface area contributed by atoms with Gasteiger partial charge in [-0.3, -0.25) is 0 Å². The van der Waals surface area contributed by atoms with Crippen LogP contribution in [0.4, 0.5) is 26.3 Å². The Bertz CT molecular complexity index is 1220. The molecule has 0 unspecified atom stereocenters. The highest BCUT2D eigenvalue weighted by Crippen LogP contribution is 2.53. The van der Waals surface area contributed by atoms with Crippen molar-refractivity contribution in [1.29, 1.82) is 0 Å². The van der Waals surface area contributed by atoms with E-state index in [1.165, 1.54) is 0 Å². The molecule has 0 atom stereocenters. The van der Waals surface area contributed by atoms with Crippen molar-refractivity contribution in [1.82, 2.24) is 0 Å². The lowest BCUT2D eigenvalue weighted by atomic mass is 9.89. The lowest BCUT2D eigenvalue weighted by Crippen LogP contribution is -2.56. The normalized spacial score (nSPS) is 12.3. The topological polar surface area (TPSA) is 36.9 Å². The van der Waals surface area contributed by atoms with E-state index in [0.29, 0.717) is 23.8 Å². The summed E-state index contributed by atoms with van der Waals surface area (Å²) in [6, 6.07) is 16.9. The summed E-state index contributed by atoms with van der Waals surface area (Å²) < 4.78 is 105. The second-order valence-electron chi connectivity index (χ2n) is 8.58. The molecule has 3 aromatic rings. The average Bonchev–Trinajstić information content (AvgIpc) is 2.88. The number of alkyl halides is 6. The third-order valence-electron chi connectivity index (χ3n) is 5.85. The Morgan fingerprint density at radius 2 is 1.54 bits per heavy atom. The Morgan fingerprint density at radius 1 is 0.846 bits per heavy atom. The molecule has 3 rings (SSSR count). The maximum absolute atomic E-state index is 14.0. The summed E-state index contributed by atoms with van der Waals surface area (Å²) in [5.41, 5.74) is -3.95. The Morgan fingerprint density at radius 3 is 2.13 bits per heavy atom. The van der Waals surface area contributed by atoms with Crippen molar-refractivity contribution < 1.29 is 45.3 Å². The van der Waals surface area contributed by atoms with Gasteiger partial charge in [-0.05, 0) is 41.8 Å². The van der Waals surface area contributed by atoms with Gasteiger partial charge in [-0.1, -0.05) is 62.4 Å².